The summed E-state index contributed by atoms with van der Waals surface area (Å²) in [6, 6.07) is 5.13. The first-order chi connectivity index (χ1) is 12.5. The molecule has 0 spiro atoms. The third kappa shape index (κ3) is 3.48. The predicted molar refractivity (Wildman–Crippen MR) is 88.3 cm³/mol. The molecule has 3 atom stereocenters. The van der Waals surface area contributed by atoms with E-state index in [1.807, 2.05) is 6.08 Å². The van der Waals surface area contributed by atoms with Crippen molar-refractivity contribution in [3.8, 4) is 0 Å². The Morgan fingerprint density at radius 2 is 1.92 bits per heavy atom. The molecule has 0 aromatic heterocycles. The van der Waals surface area contributed by atoms with Crippen LogP contribution in [-0.4, -0.2) is 39.1 Å². The molecule has 3 rings (SSSR count). The maximum absolute atomic E-state index is 12.9. The standard InChI is InChI=1S/C19H19FO6/c1-23-18(22)15-10-26-19(24-2)16-12(5-8-14(15)16)9-25-17(21)11-3-6-13(20)7-4-11/h3-7,10,14,16,19H,8-9H2,1-2H3/t14-,16-,19-/m1/s1. The van der Waals surface area contributed by atoms with E-state index in [1.165, 1.54) is 44.7 Å². The molecule has 138 valence electrons. The number of fused-ring (bicyclic) bond motifs is 1. The number of carbonyl (C=O) groups excluding carboxylic acids is 2. The van der Waals surface area contributed by atoms with Gasteiger partial charge in [-0.25, -0.2) is 14.0 Å². The zero-order valence-corrected chi connectivity index (χ0v) is 14.4. The Labute approximate surface area is 150 Å². The van der Waals surface area contributed by atoms with Crippen molar-refractivity contribution in [2.75, 3.05) is 20.8 Å². The minimum absolute atomic E-state index is 0.0368. The number of carbonyl (C=O) groups is 2. The van der Waals surface area contributed by atoms with Crippen LogP contribution in [0.5, 0.6) is 0 Å². The van der Waals surface area contributed by atoms with Crippen molar-refractivity contribution in [2.24, 2.45) is 11.8 Å². The van der Waals surface area contributed by atoms with Gasteiger partial charge in [-0.15, -0.1) is 0 Å². The quantitative estimate of drug-likeness (QED) is 0.592. The van der Waals surface area contributed by atoms with Crippen molar-refractivity contribution in [2.45, 2.75) is 12.7 Å². The van der Waals surface area contributed by atoms with Gasteiger partial charge in [0.25, 0.3) is 0 Å². The largest absolute Gasteiger partial charge is 0.471 e. The van der Waals surface area contributed by atoms with Crippen LogP contribution in [0.25, 0.3) is 0 Å². The number of hydrogen-bond acceptors (Lipinski definition) is 6. The summed E-state index contributed by atoms with van der Waals surface area (Å²) in [5.41, 5.74) is 1.51. The van der Waals surface area contributed by atoms with E-state index >= 15 is 0 Å². The Bertz CT molecular complexity index is 752. The number of allylic oxidation sites excluding steroid dienone is 1. The summed E-state index contributed by atoms with van der Waals surface area (Å²) in [5.74, 6) is -1.83. The number of benzene rings is 1. The van der Waals surface area contributed by atoms with E-state index in [0.717, 1.165) is 5.57 Å². The molecule has 0 saturated heterocycles. The first-order valence-electron chi connectivity index (χ1n) is 8.13. The zero-order chi connectivity index (χ0) is 18.7. The number of methoxy groups -OCH3 is 2. The lowest BCUT2D eigenvalue weighted by Crippen LogP contribution is -2.37. The highest BCUT2D eigenvalue weighted by atomic mass is 19.1. The smallest absolute Gasteiger partial charge is 0.338 e. The van der Waals surface area contributed by atoms with Crippen LogP contribution in [0.4, 0.5) is 4.39 Å². The highest BCUT2D eigenvalue weighted by molar-refractivity contribution is 5.90. The molecular formula is C19H19FO6. The van der Waals surface area contributed by atoms with Crippen LogP contribution in [0.1, 0.15) is 16.8 Å². The SMILES string of the molecule is COC(=O)C1=CO[C@@H](OC)[C@@H]2C(COC(=O)c3ccc(F)cc3)=CC[C@H]12. The molecule has 1 aliphatic heterocycles. The fourth-order valence-electron chi connectivity index (χ4n) is 3.31. The van der Waals surface area contributed by atoms with E-state index in [2.05, 4.69) is 0 Å². The lowest BCUT2D eigenvalue weighted by Gasteiger charge is -2.33. The fourth-order valence-corrected chi connectivity index (χ4v) is 3.31. The Morgan fingerprint density at radius 3 is 2.58 bits per heavy atom. The molecule has 0 fully saturated rings. The third-order valence-corrected chi connectivity index (χ3v) is 4.62. The van der Waals surface area contributed by atoms with E-state index in [0.29, 0.717) is 12.0 Å². The highest BCUT2D eigenvalue weighted by Crippen LogP contribution is 2.43. The molecule has 0 saturated carbocycles. The maximum Gasteiger partial charge on any atom is 0.338 e. The molecule has 0 unspecified atom stereocenters. The van der Waals surface area contributed by atoms with Crippen LogP contribution in [0, 0.1) is 17.7 Å². The van der Waals surface area contributed by atoms with Gasteiger partial charge in [0.05, 0.1) is 30.4 Å². The van der Waals surface area contributed by atoms with Gasteiger partial charge in [0, 0.05) is 13.0 Å². The molecule has 0 amide bonds. The summed E-state index contributed by atoms with van der Waals surface area (Å²) in [7, 11) is 2.83. The monoisotopic (exact) mass is 362 g/mol. The summed E-state index contributed by atoms with van der Waals surface area (Å²) < 4.78 is 34.0. The van der Waals surface area contributed by atoms with Gasteiger partial charge in [0.15, 0.2) is 0 Å². The number of rotatable bonds is 5. The lowest BCUT2D eigenvalue weighted by molar-refractivity contribution is -0.146. The maximum atomic E-state index is 12.9. The predicted octanol–water partition coefficient (Wildman–Crippen LogP) is 2.60. The van der Waals surface area contributed by atoms with Crippen LogP contribution >= 0.6 is 0 Å². The summed E-state index contributed by atoms with van der Waals surface area (Å²) in [6.07, 6.45) is 3.32. The van der Waals surface area contributed by atoms with Crippen LogP contribution < -0.4 is 0 Å². The van der Waals surface area contributed by atoms with Crippen molar-refractivity contribution >= 4 is 11.9 Å². The van der Waals surface area contributed by atoms with Gasteiger partial charge in [0.2, 0.25) is 6.29 Å². The number of ether oxygens (including phenoxy) is 4. The molecule has 1 aliphatic carbocycles. The van der Waals surface area contributed by atoms with Crippen molar-refractivity contribution in [3.63, 3.8) is 0 Å². The van der Waals surface area contributed by atoms with Crippen LogP contribution in [0.2, 0.25) is 0 Å². The molecule has 26 heavy (non-hydrogen) atoms. The average molecular weight is 362 g/mol. The van der Waals surface area contributed by atoms with Gasteiger partial charge in [-0.3, -0.25) is 0 Å². The van der Waals surface area contributed by atoms with Gasteiger partial charge in [0.1, 0.15) is 12.4 Å². The van der Waals surface area contributed by atoms with Crippen molar-refractivity contribution in [3.05, 3.63) is 59.1 Å². The first-order valence-corrected chi connectivity index (χ1v) is 8.13. The summed E-state index contributed by atoms with van der Waals surface area (Å²) >= 11 is 0. The molecule has 1 heterocycles. The van der Waals surface area contributed by atoms with Crippen molar-refractivity contribution in [1.29, 1.82) is 0 Å². The summed E-state index contributed by atoms with van der Waals surface area (Å²) in [6.45, 7) is 0.0368. The first kappa shape index (κ1) is 18.1. The van der Waals surface area contributed by atoms with E-state index in [9.17, 15) is 14.0 Å². The van der Waals surface area contributed by atoms with Gasteiger partial charge < -0.3 is 18.9 Å². The fraction of sp³-hybridized carbons (Fsp3) is 0.368. The topological polar surface area (TPSA) is 71.1 Å². The second kappa shape index (κ2) is 7.70. The molecule has 7 heteroatoms. The van der Waals surface area contributed by atoms with Crippen molar-refractivity contribution < 1.29 is 32.9 Å². The minimum atomic E-state index is -0.577. The van der Waals surface area contributed by atoms with Crippen LogP contribution in [0.15, 0.2) is 47.7 Å². The molecule has 2 aliphatic rings. The number of halogens is 1. The number of esters is 2. The van der Waals surface area contributed by atoms with E-state index in [1.54, 1.807) is 0 Å². The Balaban J connectivity index is 1.69. The molecule has 1 aromatic carbocycles. The normalized spacial score (nSPS) is 24.0. The van der Waals surface area contributed by atoms with Crippen LogP contribution in [0.3, 0.4) is 0 Å². The minimum Gasteiger partial charge on any atom is -0.471 e. The average Bonchev–Trinajstić information content (AvgIpc) is 3.09. The van der Waals surface area contributed by atoms with E-state index in [-0.39, 0.29) is 24.0 Å². The Morgan fingerprint density at radius 1 is 1.19 bits per heavy atom. The molecule has 0 N–H and O–H groups in total. The Hall–Kier alpha value is -2.67. The van der Waals surface area contributed by atoms with Gasteiger partial charge in [-0.05, 0) is 36.3 Å². The molecule has 0 radical (unpaired) electrons. The lowest BCUT2D eigenvalue weighted by atomic mass is 9.83. The molecule has 0 bridgehead atoms. The second-order valence-corrected chi connectivity index (χ2v) is 6.03. The highest BCUT2D eigenvalue weighted by Gasteiger charge is 2.44. The summed E-state index contributed by atoms with van der Waals surface area (Å²) in [4.78, 5) is 24.1. The van der Waals surface area contributed by atoms with Gasteiger partial charge in [-0.1, -0.05) is 6.08 Å². The van der Waals surface area contributed by atoms with E-state index < -0.39 is 24.0 Å². The molecule has 6 nitrogen and oxygen atoms in total. The number of hydrogen-bond donors (Lipinski definition) is 0. The van der Waals surface area contributed by atoms with Gasteiger partial charge in [-0.2, -0.15) is 0 Å². The second-order valence-electron chi connectivity index (χ2n) is 6.03. The summed E-state index contributed by atoms with van der Waals surface area (Å²) in [5, 5.41) is 0. The Kier molecular flexibility index (Phi) is 5.37. The van der Waals surface area contributed by atoms with Gasteiger partial charge >= 0.3 is 11.9 Å². The van der Waals surface area contributed by atoms with E-state index in [4.69, 9.17) is 18.9 Å². The molecule has 1 aromatic rings. The third-order valence-electron chi connectivity index (χ3n) is 4.62. The van der Waals surface area contributed by atoms with Crippen molar-refractivity contribution in [1.82, 2.24) is 0 Å². The molecular weight excluding hydrogens is 343 g/mol. The van der Waals surface area contributed by atoms with Crippen LogP contribution in [-0.2, 0) is 23.7 Å². The zero-order valence-electron chi connectivity index (χ0n) is 14.4.